The lowest BCUT2D eigenvalue weighted by molar-refractivity contribution is 0.0601. The van der Waals surface area contributed by atoms with E-state index in [0.717, 1.165) is 57.4 Å². The number of carbonyl (C=O) groups excluding carboxylic acids is 2. The molecule has 0 spiro atoms. The molecule has 0 radical (unpaired) electrons. The Bertz CT molecular complexity index is 1500. The van der Waals surface area contributed by atoms with Crippen LogP contribution in [-0.2, 0) is 17.6 Å². The molecule has 1 N–H and O–H groups in total. The number of esters is 1. The number of nitrogens with zero attached hydrogens (tertiary/aromatic N) is 1. The second-order valence-corrected chi connectivity index (χ2v) is 11.5. The van der Waals surface area contributed by atoms with E-state index in [1.807, 2.05) is 31.2 Å². The van der Waals surface area contributed by atoms with Crippen LogP contribution in [0.2, 0.25) is 0 Å². The third-order valence-electron chi connectivity index (χ3n) is 7.21. The monoisotopic (exact) mass is 512 g/mol. The van der Waals surface area contributed by atoms with Crippen molar-refractivity contribution in [1.29, 1.82) is 0 Å². The van der Waals surface area contributed by atoms with Gasteiger partial charge in [0.1, 0.15) is 5.00 Å². The largest absolute Gasteiger partial charge is 0.465 e. The van der Waals surface area contributed by atoms with Gasteiger partial charge in [0, 0.05) is 15.8 Å². The van der Waals surface area contributed by atoms with Crippen LogP contribution in [0.4, 0.5) is 5.00 Å². The zero-order valence-electron chi connectivity index (χ0n) is 22.0. The van der Waals surface area contributed by atoms with E-state index in [9.17, 15) is 9.59 Å². The van der Waals surface area contributed by atoms with E-state index in [2.05, 4.69) is 50.4 Å². The summed E-state index contributed by atoms with van der Waals surface area (Å²) in [5, 5.41) is 4.43. The van der Waals surface area contributed by atoms with E-state index in [1.54, 1.807) is 0 Å². The van der Waals surface area contributed by atoms with Crippen LogP contribution < -0.4 is 5.32 Å². The lowest BCUT2D eigenvalue weighted by atomic mass is 9.88. The van der Waals surface area contributed by atoms with Gasteiger partial charge in [-0.25, -0.2) is 9.78 Å². The van der Waals surface area contributed by atoms with Crippen LogP contribution in [-0.4, -0.2) is 24.0 Å². The van der Waals surface area contributed by atoms with E-state index in [4.69, 9.17) is 9.72 Å². The molecule has 6 heteroatoms. The van der Waals surface area contributed by atoms with Crippen molar-refractivity contribution in [3.8, 4) is 11.3 Å². The van der Waals surface area contributed by atoms with Gasteiger partial charge in [0.2, 0.25) is 0 Å². The van der Waals surface area contributed by atoms with E-state index >= 15 is 0 Å². The number of benzene rings is 2. The summed E-state index contributed by atoms with van der Waals surface area (Å²) in [6.07, 6.45) is 2.75. The zero-order valence-corrected chi connectivity index (χ0v) is 22.8. The van der Waals surface area contributed by atoms with Crippen molar-refractivity contribution in [2.45, 2.75) is 52.9 Å². The molecule has 1 atom stereocenters. The van der Waals surface area contributed by atoms with E-state index < -0.39 is 5.97 Å². The molecule has 4 aromatic rings. The molecule has 37 heavy (non-hydrogen) atoms. The first-order valence-corrected chi connectivity index (χ1v) is 13.6. The zero-order chi connectivity index (χ0) is 26.3. The first-order chi connectivity index (χ1) is 17.7. The van der Waals surface area contributed by atoms with Gasteiger partial charge in [-0.2, -0.15) is 0 Å². The summed E-state index contributed by atoms with van der Waals surface area (Å²) in [5.74, 6) is 0.335. The number of aromatic nitrogens is 1. The summed E-state index contributed by atoms with van der Waals surface area (Å²) < 4.78 is 5.11. The molecule has 0 saturated carbocycles. The quantitative estimate of drug-likeness (QED) is 0.280. The number of thiophene rings is 1. The minimum atomic E-state index is -0.399. The smallest absolute Gasteiger partial charge is 0.341 e. The summed E-state index contributed by atoms with van der Waals surface area (Å²) in [6.45, 7) is 8.56. The third-order valence-corrected chi connectivity index (χ3v) is 8.38. The van der Waals surface area contributed by atoms with Crippen LogP contribution in [0, 0.1) is 12.8 Å². The van der Waals surface area contributed by atoms with Gasteiger partial charge in [-0.3, -0.25) is 4.79 Å². The van der Waals surface area contributed by atoms with E-state index in [0.29, 0.717) is 28.0 Å². The number of hydrogen-bond donors (Lipinski definition) is 1. The van der Waals surface area contributed by atoms with Gasteiger partial charge < -0.3 is 10.1 Å². The van der Waals surface area contributed by atoms with Crippen LogP contribution in [0.1, 0.15) is 75.4 Å². The highest BCUT2D eigenvalue weighted by Gasteiger charge is 2.29. The van der Waals surface area contributed by atoms with Crippen molar-refractivity contribution >= 4 is 39.1 Å². The van der Waals surface area contributed by atoms with Crippen molar-refractivity contribution in [3.63, 3.8) is 0 Å². The summed E-state index contributed by atoms with van der Waals surface area (Å²) in [6, 6.07) is 16.2. The topological polar surface area (TPSA) is 68.3 Å². The number of anilines is 1. The van der Waals surface area contributed by atoms with Crippen molar-refractivity contribution < 1.29 is 14.3 Å². The summed E-state index contributed by atoms with van der Waals surface area (Å²) in [7, 11) is 1.39. The molecule has 0 aliphatic heterocycles. The second-order valence-electron chi connectivity index (χ2n) is 10.4. The molecule has 0 bridgehead atoms. The number of nitrogens with one attached hydrogen (secondary N) is 1. The molecule has 2 aromatic carbocycles. The Hall–Kier alpha value is -3.51. The Labute approximate surface area is 221 Å². The Morgan fingerprint density at radius 1 is 1.11 bits per heavy atom. The molecule has 5 rings (SSSR count). The number of methoxy groups -OCH3 is 1. The Kier molecular flexibility index (Phi) is 6.86. The summed E-state index contributed by atoms with van der Waals surface area (Å²) >= 11 is 1.50. The number of hydrogen-bond acceptors (Lipinski definition) is 5. The van der Waals surface area contributed by atoms with Gasteiger partial charge >= 0.3 is 5.97 Å². The van der Waals surface area contributed by atoms with Crippen LogP contribution in [0.15, 0.2) is 48.5 Å². The third kappa shape index (κ3) is 4.90. The highest BCUT2D eigenvalue weighted by molar-refractivity contribution is 7.17. The molecular weight excluding hydrogens is 480 g/mol. The maximum Gasteiger partial charge on any atom is 0.341 e. The first kappa shape index (κ1) is 25.2. The van der Waals surface area contributed by atoms with Gasteiger partial charge in [-0.1, -0.05) is 56.7 Å². The number of pyridine rings is 1. The van der Waals surface area contributed by atoms with E-state index in [-0.39, 0.29) is 5.91 Å². The number of carbonyl (C=O) groups is 2. The fraction of sp³-hybridized carbons (Fsp3) is 0.323. The second kappa shape index (κ2) is 10.1. The number of ether oxygens (including phenoxy) is 1. The van der Waals surface area contributed by atoms with Crippen molar-refractivity contribution in [2.24, 2.45) is 5.92 Å². The Morgan fingerprint density at radius 3 is 2.57 bits per heavy atom. The lowest BCUT2D eigenvalue weighted by Gasteiger charge is -2.18. The maximum absolute atomic E-state index is 13.8. The molecule has 0 fully saturated rings. The molecular formula is C31H32N2O3S. The van der Waals surface area contributed by atoms with Gasteiger partial charge in [0.25, 0.3) is 5.91 Å². The minimum Gasteiger partial charge on any atom is -0.465 e. The molecule has 1 unspecified atom stereocenters. The standard InChI is InChI=1S/C31H32N2O3S/c1-17(2)20-8-10-21(11-9-20)26-16-24(23-14-18(3)7-13-25(23)32-26)29(34)33-30-28(31(35)36-5)22-12-6-19(4)15-27(22)37-30/h7-11,13-14,16-17,19H,6,12,15H2,1-5H3,(H,33,34). The number of fused-ring (bicyclic) bond motifs is 2. The van der Waals surface area contributed by atoms with Crippen LogP contribution in [0.25, 0.3) is 22.2 Å². The van der Waals surface area contributed by atoms with Gasteiger partial charge in [-0.05, 0) is 67.3 Å². The SMILES string of the molecule is COC(=O)c1c(NC(=O)c2cc(-c3ccc(C(C)C)cc3)nc3ccc(C)cc23)sc2c1CCC(C)C2. The summed E-state index contributed by atoms with van der Waals surface area (Å²) in [5.41, 5.74) is 6.81. The minimum absolute atomic E-state index is 0.255. The molecule has 190 valence electrons. The van der Waals surface area contributed by atoms with Crippen LogP contribution in [0.3, 0.4) is 0 Å². The fourth-order valence-electron chi connectivity index (χ4n) is 5.04. The number of amides is 1. The normalized spacial score (nSPS) is 15.0. The predicted octanol–water partition coefficient (Wildman–Crippen LogP) is 7.56. The molecule has 2 heterocycles. The number of rotatable bonds is 5. The average Bonchev–Trinajstić information content (AvgIpc) is 3.24. The average molecular weight is 513 g/mol. The molecule has 1 amide bonds. The number of aryl methyl sites for hydroxylation is 1. The maximum atomic E-state index is 13.8. The summed E-state index contributed by atoms with van der Waals surface area (Å²) in [4.78, 5) is 32.6. The van der Waals surface area contributed by atoms with Gasteiger partial charge in [0.05, 0.1) is 29.4 Å². The van der Waals surface area contributed by atoms with E-state index in [1.165, 1.54) is 24.0 Å². The lowest BCUT2D eigenvalue weighted by Crippen LogP contribution is -2.16. The molecule has 0 saturated heterocycles. The predicted molar refractivity (Wildman–Crippen MR) is 151 cm³/mol. The highest BCUT2D eigenvalue weighted by Crippen LogP contribution is 2.40. The molecule has 2 aromatic heterocycles. The van der Waals surface area contributed by atoms with Crippen molar-refractivity contribution in [3.05, 3.63) is 81.2 Å². The van der Waals surface area contributed by atoms with Crippen molar-refractivity contribution in [2.75, 3.05) is 12.4 Å². The van der Waals surface area contributed by atoms with Gasteiger partial charge in [-0.15, -0.1) is 11.3 Å². The van der Waals surface area contributed by atoms with Crippen LogP contribution in [0.5, 0.6) is 0 Å². The molecule has 1 aliphatic rings. The van der Waals surface area contributed by atoms with Crippen LogP contribution >= 0.6 is 11.3 Å². The highest BCUT2D eigenvalue weighted by atomic mass is 32.1. The van der Waals surface area contributed by atoms with Gasteiger partial charge in [0.15, 0.2) is 0 Å². The first-order valence-electron chi connectivity index (χ1n) is 12.8. The van der Waals surface area contributed by atoms with Crippen molar-refractivity contribution in [1.82, 2.24) is 4.98 Å². The molecule has 5 nitrogen and oxygen atoms in total. The Balaban J connectivity index is 1.58. The molecule has 1 aliphatic carbocycles. The Morgan fingerprint density at radius 2 is 1.86 bits per heavy atom. The fourth-order valence-corrected chi connectivity index (χ4v) is 6.44.